The summed E-state index contributed by atoms with van der Waals surface area (Å²) in [5.41, 5.74) is 3.22. The number of aldehydes is 1. The molecule has 0 heterocycles. The lowest BCUT2D eigenvalue weighted by atomic mass is 10.1. The third-order valence-electron chi connectivity index (χ3n) is 3.37. The van der Waals surface area contributed by atoms with E-state index >= 15 is 0 Å². The Morgan fingerprint density at radius 1 is 1.17 bits per heavy atom. The SMILES string of the molecule is Cc1cc(C=O)cc(C)c1OCC(=O)NCc1ccc(Cl)cc1. The van der Waals surface area contributed by atoms with E-state index < -0.39 is 0 Å². The molecule has 0 aliphatic heterocycles. The van der Waals surface area contributed by atoms with Crippen molar-refractivity contribution in [2.75, 3.05) is 6.61 Å². The number of carbonyl (C=O) groups is 2. The van der Waals surface area contributed by atoms with E-state index in [1.165, 1.54) is 0 Å². The number of hydrogen-bond acceptors (Lipinski definition) is 3. The molecule has 2 aromatic rings. The van der Waals surface area contributed by atoms with E-state index in [0.717, 1.165) is 23.0 Å². The standard InChI is InChI=1S/C18H18ClNO3/c1-12-7-15(10-21)8-13(2)18(12)23-11-17(22)20-9-14-3-5-16(19)6-4-14/h3-8,10H,9,11H2,1-2H3,(H,20,22). The van der Waals surface area contributed by atoms with Crippen LogP contribution < -0.4 is 10.1 Å². The van der Waals surface area contributed by atoms with Crippen LogP contribution in [0.1, 0.15) is 27.0 Å². The van der Waals surface area contributed by atoms with Crippen LogP contribution in [-0.2, 0) is 11.3 Å². The summed E-state index contributed by atoms with van der Waals surface area (Å²) in [4.78, 5) is 22.7. The molecule has 5 heteroatoms. The second kappa shape index (κ2) is 7.79. The fraction of sp³-hybridized carbons (Fsp3) is 0.222. The van der Waals surface area contributed by atoms with Gasteiger partial charge in [0.2, 0.25) is 0 Å². The highest BCUT2D eigenvalue weighted by Gasteiger charge is 2.09. The molecule has 0 fully saturated rings. The Balaban J connectivity index is 1.89. The fourth-order valence-corrected chi connectivity index (χ4v) is 2.40. The Labute approximate surface area is 140 Å². The maximum absolute atomic E-state index is 11.9. The number of ether oxygens (including phenoxy) is 1. The number of carbonyl (C=O) groups excluding carboxylic acids is 2. The summed E-state index contributed by atoms with van der Waals surface area (Å²) < 4.78 is 5.59. The van der Waals surface area contributed by atoms with E-state index in [1.807, 2.05) is 26.0 Å². The van der Waals surface area contributed by atoms with Crippen LogP contribution in [0.15, 0.2) is 36.4 Å². The maximum atomic E-state index is 11.9. The summed E-state index contributed by atoms with van der Waals surface area (Å²) in [7, 11) is 0. The van der Waals surface area contributed by atoms with Crippen molar-refractivity contribution in [3.8, 4) is 5.75 Å². The first-order chi connectivity index (χ1) is 11.0. The number of amides is 1. The van der Waals surface area contributed by atoms with Crippen LogP contribution in [0.2, 0.25) is 5.02 Å². The molecule has 120 valence electrons. The van der Waals surface area contributed by atoms with Crippen LogP contribution in [0.25, 0.3) is 0 Å². The van der Waals surface area contributed by atoms with E-state index in [1.54, 1.807) is 24.3 Å². The van der Waals surface area contributed by atoms with Crippen LogP contribution in [-0.4, -0.2) is 18.8 Å². The van der Waals surface area contributed by atoms with Crippen LogP contribution in [0.4, 0.5) is 0 Å². The summed E-state index contributed by atoms with van der Waals surface area (Å²) >= 11 is 5.81. The Hall–Kier alpha value is -2.33. The maximum Gasteiger partial charge on any atom is 0.258 e. The van der Waals surface area contributed by atoms with E-state index in [-0.39, 0.29) is 12.5 Å². The van der Waals surface area contributed by atoms with Gasteiger partial charge in [-0.05, 0) is 54.8 Å². The first-order valence-corrected chi connectivity index (χ1v) is 7.57. The molecule has 23 heavy (non-hydrogen) atoms. The highest BCUT2D eigenvalue weighted by Crippen LogP contribution is 2.24. The van der Waals surface area contributed by atoms with Gasteiger partial charge in [0.05, 0.1) is 0 Å². The van der Waals surface area contributed by atoms with E-state index in [9.17, 15) is 9.59 Å². The van der Waals surface area contributed by atoms with Crippen molar-refractivity contribution in [3.63, 3.8) is 0 Å². The van der Waals surface area contributed by atoms with Gasteiger partial charge in [0.15, 0.2) is 6.61 Å². The van der Waals surface area contributed by atoms with Crippen molar-refractivity contribution in [2.24, 2.45) is 0 Å². The van der Waals surface area contributed by atoms with Crippen LogP contribution in [0, 0.1) is 13.8 Å². The summed E-state index contributed by atoms with van der Waals surface area (Å²) in [5, 5.41) is 3.45. The van der Waals surface area contributed by atoms with Gasteiger partial charge in [0, 0.05) is 17.1 Å². The van der Waals surface area contributed by atoms with Crippen molar-refractivity contribution in [2.45, 2.75) is 20.4 Å². The minimum Gasteiger partial charge on any atom is -0.483 e. The number of aryl methyl sites for hydroxylation is 2. The predicted octanol–water partition coefficient (Wildman–Crippen LogP) is 3.46. The zero-order valence-electron chi connectivity index (χ0n) is 13.1. The largest absolute Gasteiger partial charge is 0.483 e. The first-order valence-electron chi connectivity index (χ1n) is 7.20. The lowest BCUT2D eigenvalue weighted by Crippen LogP contribution is -2.28. The van der Waals surface area contributed by atoms with Gasteiger partial charge in [-0.3, -0.25) is 9.59 Å². The van der Waals surface area contributed by atoms with Crippen LogP contribution in [0.3, 0.4) is 0 Å². The molecule has 0 unspecified atom stereocenters. The van der Waals surface area contributed by atoms with Gasteiger partial charge in [0.25, 0.3) is 5.91 Å². The number of nitrogens with one attached hydrogen (secondary N) is 1. The van der Waals surface area contributed by atoms with E-state index in [4.69, 9.17) is 16.3 Å². The molecule has 2 aromatic carbocycles. The fourth-order valence-electron chi connectivity index (χ4n) is 2.27. The smallest absolute Gasteiger partial charge is 0.258 e. The van der Waals surface area contributed by atoms with Crippen molar-refractivity contribution >= 4 is 23.8 Å². The molecule has 0 aliphatic carbocycles. The third kappa shape index (κ3) is 4.83. The number of rotatable bonds is 6. The average Bonchev–Trinajstić information content (AvgIpc) is 2.53. The molecule has 0 radical (unpaired) electrons. The molecule has 0 bridgehead atoms. The zero-order valence-corrected chi connectivity index (χ0v) is 13.8. The lowest BCUT2D eigenvalue weighted by molar-refractivity contribution is -0.123. The molecule has 2 rings (SSSR count). The monoisotopic (exact) mass is 331 g/mol. The third-order valence-corrected chi connectivity index (χ3v) is 3.62. The second-order valence-electron chi connectivity index (χ2n) is 5.29. The van der Waals surface area contributed by atoms with E-state index in [0.29, 0.717) is 22.9 Å². The normalized spacial score (nSPS) is 10.2. The molecule has 0 spiro atoms. The van der Waals surface area contributed by atoms with Gasteiger partial charge in [0.1, 0.15) is 12.0 Å². The molecular formula is C18H18ClNO3. The Bertz CT molecular complexity index is 688. The predicted molar refractivity (Wildman–Crippen MR) is 90.1 cm³/mol. The molecule has 1 N–H and O–H groups in total. The summed E-state index contributed by atoms with van der Waals surface area (Å²) in [6.45, 7) is 4.04. The van der Waals surface area contributed by atoms with E-state index in [2.05, 4.69) is 5.32 Å². The lowest BCUT2D eigenvalue weighted by Gasteiger charge is -2.13. The number of halogens is 1. The van der Waals surface area contributed by atoms with Gasteiger partial charge in [-0.15, -0.1) is 0 Å². The Morgan fingerprint density at radius 3 is 2.35 bits per heavy atom. The molecule has 4 nitrogen and oxygen atoms in total. The topological polar surface area (TPSA) is 55.4 Å². The average molecular weight is 332 g/mol. The number of benzene rings is 2. The van der Waals surface area contributed by atoms with Crippen molar-refractivity contribution < 1.29 is 14.3 Å². The van der Waals surface area contributed by atoms with Crippen molar-refractivity contribution in [1.29, 1.82) is 0 Å². The van der Waals surface area contributed by atoms with Crippen molar-refractivity contribution in [1.82, 2.24) is 5.32 Å². The molecule has 0 saturated carbocycles. The highest BCUT2D eigenvalue weighted by atomic mass is 35.5. The minimum absolute atomic E-state index is 0.0737. The zero-order chi connectivity index (χ0) is 16.8. The molecule has 0 saturated heterocycles. The van der Waals surface area contributed by atoms with Gasteiger partial charge in [-0.2, -0.15) is 0 Å². The molecule has 0 atom stereocenters. The molecular weight excluding hydrogens is 314 g/mol. The van der Waals surface area contributed by atoms with Gasteiger partial charge in [-0.25, -0.2) is 0 Å². The summed E-state index contributed by atoms with van der Waals surface area (Å²) in [6.07, 6.45) is 0.794. The highest BCUT2D eigenvalue weighted by molar-refractivity contribution is 6.30. The molecule has 1 amide bonds. The summed E-state index contributed by atoms with van der Waals surface area (Å²) in [6, 6.07) is 10.7. The molecule has 0 aromatic heterocycles. The Morgan fingerprint density at radius 2 is 1.78 bits per heavy atom. The summed E-state index contributed by atoms with van der Waals surface area (Å²) in [5.74, 6) is 0.426. The Kier molecular flexibility index (Phi) is 5.77. The minimum atomic E-state index is -0.210. The quantitative estimate of drug-likeness (QED) is 0.825. The first kappa shape index (κ1) is 17.0. The van der Waals surface area contributed by atoms with Gasteiger partial charge >= 0.3 is 0 Å². The van der Waals surface area contributed by atoms with Gasteiger partial charge in [-0.1, -0.05) is 23.7 Å². The second-order valence-corrected chi connectivity index (χ2v) is 5.73. The van der Waals surface area contributed by atoms with Gasteiger partial charge < -0.3 is 10.1 Å². The van der Waals surface area contributed by atoms with Crippen molar-refractivity contribution in [3.05, 3.63) is 63.7 Å². The van der Waals surface area contributed by atoms with Crippen LogP contribution in [0.5, 0.6) is 5.75 Å². The molecule has 0 aliphatic rings. The van der Waals surface area contributed by atoms with Crippen LogP contribution >= 0.6 is 11.6 Å². The number of hydrogen-bond donors (Lipinski definition) is 1.